The van der Waals surface area contributed by atoms with E-state index in [4.69, 9.17) is 4.74 Å². The smallest absolute Gasteiger partial charge is 0.365 e. The van der Waals surface area contributed by atoms with E-state index in [1.54, 1.807) is 0 Å². The largest absolute Gasteiger partial charge is 0.414 e. The van der Waals surface area contributed by atoms with Gasteiger partial charge in [0, 0.05) is 12.8 Å². The van der Waals surface area contributed by atoms with Crippen molar-refractivity contribution in [2.45, 2.75) is 44.6 Å². The second-order valence-corrected chi connectivity index (χ2v) is 3.22. The molecule has 2 nitrogen and oxygen atoms in total. The van der Waals surface area contributed by atoms with Gasteiger partial charge < -0.3 is 4.74 Å². The predicted molar refractivity (Wildman–Crippen MR) is 39.2 cm³/mol. The normalized spacial score (nSPS) is 26.5. The molecule has 1 saturated carbocycles. The molecule has 1 rings (SSSR count). The van der Waals surface area contributed by atoms with Crippen molar-refractivity contribution in [3.05, 3.63) is 0 Å². The van der Waals surface area contributed by atoms with Crippen LogP contribution in [0.3, 0.4) is 0 Å². The quantitative estimate of drug-likeness (QED) is 0.675. The lowest BCUT2D eigenvalue weighted by atomic mass is 10.3. The third-order valence-corrected chi connectivity index (χ3v) is 2.06. The molecule has 0 bridgehead atoms. The van der Waals surface area contributed by atoms with Crippen molar-refractivity contribution in [2.24, 2.45) is 0 Å². The maximum Gasteiger partial charge on any atom is 0.414 e. The Balaban J connectivity index is 2.37. The highest BCUT2D eigenvalue weighted by atomic mass is 19.4. The van der Waals surface area contributed by atoms with Crippen LogP contribution in [-0.2, 0) is 9.53 Å². The minimum absolute atomic E-state index is 0.0145. The zero-order valence-electron chi connectivity index (χ0n) is 7.23. The number of carbonyl (C=O) groups excluding carboxylic acids is 1. The van der Waals surface area contributed by atoms with Crippen molar-refractivity contribution < 1.29 is 22.7 Å². The van der Waals surface area contributed by atoms with E-state index in [1.807, 2.05) is 0 Å². The molecule has 2 unspecified atom stereocenters. The Bertz CT molecular complexity index is 200. The molecule has 0 saturated heterocycles. The van der Waals surface area contributed by atoms with Crippen LogP contribution < -0.4 is 0 Å². The Morgan fingerprint density at radius 1 is 1.54 bits per heavy atom. The molecule has 1 aliphatic carbocycles. The number of hydrogen-bond acceptors (Lipinski definition) is 2. The van der Waals surface area contributed by atoms with Crippen LogP contribution >= 0.6 is 0 Å². The predicted octanol–water partition coefficient (Wildman–Crippen LogP) is 2.08. The number of ketones is 1. The first-order valence-electron chi connectivity index (χ1n) is 4.13. The topological polar surface area (TPSA) is 26.3 Å². The van der Waals surface area contributed by atoms with Gasteiger partial charge in [-0.1, -0.05) is 0 Å². The van der Waals surface area contributed by atoms with Gasteiger partial charge in [0.25, 0.3) is 0 Å². The van der Waals surface area contributed by atoms with Crippen LogP contribution in [0.1, 0.15) is 26.2 Å². The van der Waals surface area contributed by atoms with E-state index >= 15 is 0 Å². The molecule has 0 aromatic heterocycles. The lowest BCUT2D eigenvalue weighted by molar-refractivity contribution is -0.225. The Morgan fingerprint density at radius 2 is 2.15 bits per heavy atom. The van der Waals surface area contributed by atoms with Crippen LogP contribution in [0.25, 0.3) is 0 Å². The molecule has 2 atom stereocenters. The van der Waals surface area contributed by atoms with Crippen LogP contribution in [0.5, 0.6) is 0 Å². The van der Waals surface area contributed by atoms with Crippen LogP contribution in [-0.4, -0.2) is 24.2 Å². The molecule has 0 aliphatic heterocycles. The number of rotatable bonds is 2. The molecular formula is C8H11F3O2. The van der Waals surface area contributed by atoms with Crippen LogP contribution in [0.4, 0.5) is 13.2 Å². The van der Waals surface area contributed by atoms with Crippen molar-refractivity contribution >= 4 is 5.78 Å². The minimum Gasteiger partial charge on any atom is -0.365 e. The highest BCUT2D eigenvalue weighted by Gasteiger charge is 2.39. The highest BCUT2D eigenvalue weighted by molar-refractivity contribution is 5.81. The number of ether oxygens (including phenoxy) is 1. The van der Waals surface area contributed by atoms with Gasteiger partial charge in [-0.3, -0.25) is 4.79 Å². The number of alkyl halides is 3. The van der Waals surface area contributed by atoms with Crippen molar-refractivity contribution in [1.29, 1.82) is 0 Å². The standard InChI is InChI=1S/C8H11F3O2/c1-5(8(9,10)11)13-7-3-2-6(12)4-7/h5,7H,2-4H2,1H3. The summed E-state index contributed by atoms with van der Waals surface area (Å²) < 4.78 is 40.7. The Labute approximate surface area is 74.1 Å². The van der Waals surface area contributed by atoms with E-state index < -0.39 is 18.4 Å². The Morgan fingerprint density at radius 3 is 2.54 bits per heavy atom. The zero-order chi connectivity index (χ0) is 10.1. The molecule has 76 valence electrons. The summed E-state index contributed by atoms with van der Waals surface area (Å²) in [5.41, 5.74) is 0. The summed E-state index contributed by atoms with van der Waals surface area (Å²) in [5, 5.41) is 0. The second-order valence-electron chi connectivity index (χ2n) is 3.22. The SMILES string of the molecule is CC(OC1CCC(=O)C1)C(F)(F)F. The number of Topliss-reactive ketones (excluding diaryl/α,β-unsaturated/α-hetero) is 1. The molecule has 0 spiro atoms. The van der Waals surface area contributed by atoms with Gasteiger partial charge in [0.1, 0.15) is 5.78 Å². The van der Waals surface area contributed by atoms with Gasteiger partial charge in [-0.05, 0) is 13.3 Å². The first-order chi connectivity index (χ1) is 5.89. The molecule has 5 heteroatoms. The van der Waals surface area contributed by atoms with Crippen LogP contribution in [0.2, 0.25) is 0 Å². The number of halogens is 3. The zero-order valence-corrected chi connectivity index (χ0v) is 7.23. The Hall–Kier alpha value is -0.580. The average molecular weight is 196 g/mol. The van der Waals surface area contributed by atoms with Crippen molar-refractivity contribution in [2.75, 3.05) is 0 Å². The molecule has 0 aromatic carbocycles. The summed E-state index contributed by atoms with van der Waals surface area (Å²) in [7, 11) is 0. The fourth-order valence-corrected chi connectivity index (χ4v) is 1.26. The van der Waals surface area contributed by atoms with Crippen LogP contribution in [0.15, 0.2) is 0 Å². The maximum atomic E-state index is 12.0. The first kappa shape index (κ1) is 10.5. The van der Waals surface area contributed by atoms with Gasteiger partial charge in [0.05, 0.1) is 6.10 Å². The van der Waals surface area contributed by atoms with E-state index in [9.17, 15) is 18.0 Å². The fourth-order valence-electron chi connectivity index (χ4n) is 1.26. The van der Waals surface area contributed by atoms with E-state index in [0.29, 0.717) is 12.8 Å². The number of hydrogen-bond donors (Lipinski definition) is 0. The lowest BCUT2D eigenvalue weighted by Gasteiger charge is -2.20. The lowest BCUT2D eigenvalue weighted by Crippen LogP contribution is -2.31. The molecule has 1 fully saturated rings. The van der Waals surface area contributed by atoms with Crippen LogP contribution in [0, 0.1) is 0 Å². The van der Waals surface area contributed by atoms with E-state index in [-0.39, 0.29) is 12.2 Å². The Kier molecular flexibility index (Phi) is 2.95. The summed E-state index contributed by atoms with van der Waals surface area (Å²) in [6.45, 7) is 0.961. The molecule has 1 aliphatic rings. The molecule has 0 radical (unpaired) electrons. The number of carbonyl (C=O) groups is 1. The summed E-state index contributed by atoms with van der Waals surface area (Å²) in [4.78, 5) is 10.7. The molecule has 0 aromatic rings. The highest BCUT2D eigenvalue weighted by Crippen LogP contribution is 2.27. The fraction of sp³-hybridized carbons (Fsp3) is 0.875. The van der Waals surface area contributed by atoms with Gasteiger partial charge in [0.15, 0.2) is 6.10 Å². The van der Waals surface area contributed by atoms with Gasteiger partial charge in [0.2, 0.25) is 0 Å². The summed E-state index contributed by atoms with van der Waals surface area (Å²) in [6.07, 6.45) is -5.76. The summed E-state index contributed by atoms with van der Waals surface area (Å²) in [5.74, 6) is -0.0145. The van der Waals surface area contributed by atoms with Gasteiger partial charge in [-0.25, -0.2) is 0 Å². The molecular weight excluding hydrogens is 185 g/mol. The first-order valence-corrected chi connectivity index (χ1v) is 4.13. The summed E-state index contributed by atoms with van der Waals surface area (Å²) in [6, 6.07) is 0. The third kappa shape index (κ3) is 2.99. The van der Waals surface area contributed by atoms with Crippen molar-refractivity contribution in [1.82, 2.24) is 0 Å². The van der Waals surface area contributed by atoms with Crippen molar-refractivity contribution in [3.8, 4) is 0 Å². The second kappa shape index (κ2) is 3.65. The average Bonchev–Trinajstić information content (AvgIpc) is 2.33. The maximum absolute atomic E-state index is 12.0. The van der Waals surface area contributed by atoms with Gasteiger partial charge >= 0.3 is 6.18 Å². The van der Waals surface area contributed by atoms with Gasteiger partial charge in [-0.15, -0.1) is 0 Å². The van der Waals surface area contributed by atoms with E-state index in [1.165, 1.54) is 0 Å². The monoisotopic (exact) mass is 196 g/mol. The molecule has 0 N–H and O–H groups in total. The summed E-state index contributed by atoms with van der Waals surface area (Å²) >= 11 is 0. The molecule has 13 heavy (non-hydrogen) atoms. The van der Waals surface area contributed by atoms with Crippen molar-refractivity contribution in [3.63, 3.8) is 0 Å². The molecule has 0 heterocycles. The van der Waals surface area contributed by atoms with Gasteiger partial charge in [-0.2, -0.15) is 13.2 Å². The third-order valence-electron chi connectivity index (χ3n) is 2.06. The van der Waals surface area contributed by atoms with E-state index in [0.717, 1.165) is 6.92 Å². The molecule has 0 amide bonds. The minimum atomic E-state index is -4.33. The van der Waals surface area contributed by atoms with E-state index in [2.05, 4.69) is 0 Å².